The van der Waals surface area contributed by atoms with Gasteiger partial charge < -0.3 is 14.0 Å². The molecule has 0 fully saturated rings. The standard InChI is InChI=1S/C44H37N2O.C17H20N.Ir/c1-27(2)37-25-33(32-23-21-31(22-24-32)30-14-7-6-8-15-30)26-38(28(3)4)42(37)46-41-29(5)13-11-19-39(41)45-44(46)36-18-12-17-35-34-16-9-10-20-40(34)47-43(35)36;1-13-5-8-15(9-6-13)16-10-7-14(12-18-16)11-17(2,3)4;/h6-17,19-28H,1-5H3;5-8,10,12H,11H2,1-4H3;/q2*-1;. The minimum Gasteiger partial charge on any atom is -0.501 e. The van der Waals surface area contributed by atoms with Crippen molar-refractivity contribution < 1.29 is 24.5 Å². The summed E-state index contributed by atoms with van der Waals surface area (Å²) in [7, 11) is 0. The molecule has 0 aliphatic rings. The first-order valence-electron chi connectivity index (χ1n) is 22.9. The van der Waals surface area contributed by atoms with Crippen LogP contribution in [0.1, 0.15) is 88.1 Å². The molecule has 0 saturated heterocycles. The van der Waals surface area contributed by atoms with Gasteiger partial charge in [-0.25, -0.2) is 0 Å². The first-order chi connectivity index (χ1) is 31.3. The fourth-order valence-corrected chi connectivity index (χ4v) is 8.97. The van der Waals surface area contributed by atoms with Gasteiger partial charge in [0.15, 0.2) is 0 Å². The molecule has 10 aromatic rings. The molecule has 66 heavy (non-hydrogen) atoms. The van der Waals surface area contributed by atoms with Crippen molar-refractivity contribution in [2.45, 2.75) is 80.6 Å². The Morgan fingerprint density at radius 2 is 1.32 bits per heavy atom. The van der Waals surface area contributed by atoms with E-state index in [-0.39, 0.29) is 31.9 Å². The van der Waals surface area contributed by atoms with Crippen molar-refractivity contribution >= 4 is 33.0 Å². The number of aromatic nitrogens is 3. The maximum Gasteiger partial charge on any atom is 0.120 e. The predicted molar refractivity (Wildman–Crippen MR) is 273 cm³/mol. The molecule has 0 aliphatic carbocycles. The third kappa shape index (κ3) is 9.47. The van der Waals surface area contributed by atoms with Gasteiger partial charge in [0.25, 0.3) is 0 Å². The van der Waals surface area contributed by atoms with Crippen molar-refractivity contribution in [3.05, 3.63) is 198 Å². The number of nitrogens with zero attached hydrogens (tertiary/aromatic N) is 3. The van der Waals surface area contributed by atoms with E-state index in [0.29, 0.717) is 5.41 Å². The number of aryl methyl sites for hydroxylation is 2. The van der Waals surface area contributed by atoms with Gasteiger partial charge in [-0.3, -0.25) is 4.98 Å². The van der Waals surface area contributed by atoms with Crippen LogP contribution in [0.2, 0.25) is 0 Å². The van der Waals surface area contributed by atoms with E-state index in [4.69, 9.17) is 9.40 Å². The molecule has 7 aromatic carbocycles. The third-order valence-electron chi connectivity index (χ3n) is 12.2. The summed E-state index contributed by atoms with van der Waals surface area (Å²) >= 11 is 0. The maximum atomic E-state index is 6.54. The minimum atomic E-state index is 0. The molecular formula is C61H57IrN3O-2. The van der Waals surface area contributed by atoms with Gasteiger partial charge >= 0.3 is 0 Å². The van der Waals surface area contributed by atoms with E-state index in [2.05, 4.69) is 211 Å². The summed E-state index contributed by atoms with van der Waals surface area (Å²) in [6.45, 7) is 20.2. The van der Waals surface area contributed by atoms with E-state index in [1.807, 2.05) is 30.5 Å². The molecule has 1 radical (unpaired) electrons. The molecule has 4 nitrogen and oxygen atoms in total. The topological polar surface area (TPSA) is 43.9 Å². The van der Waals surface area contributed by atoms with Crippen LogP contribution in [-0.2, 0) is 26.5 Å². The van der Waals surface area contributed by atoms with Gasteiger partial charge in [-0.1, -0.05) is 163 Å². The van der Waals surface area contributed by atoms with Crippen molar-refractivity contribution in [2.75, 3.05) is 0 Å². The summed E-state index contributed by atoms with van der Waals surface area (Å²) < 4.78 is 8.94. The number of benzene rings is 7. The Labute approximate surface area is 404 Å². The molecule has 3 aromatic heterocycles. The van der Waals surface area contributed by atoms with Gasteiger partial charge in [0.2, 0.25) is 0 Å². The summed E-state index contributed by atoms with van der Waals surface area (Å²) in [4.78, 5) is 9.86. The quantitative estimate of drug-likeness (QED) is 0.142. The molecule has 0 aliphatic heterocycles. The van der Waals surface area contributed by atoms with Crippen LogP contribution < -0.4 is 0 Å². The summed E-state index contributed by atoms with van der Waals surface area (Å²) in [5.41, 5.74) is 19.4. The zero-order valence-corrected chi connectivity index (χ0v) is 41.9. The number of para-hydroxylation sites is 2. The van der Waals surface area contributed by atoms with Crippen LogP contribution in [0, 0.1) is 31.4 Å². The molecule has 0 amide bonds. The Hall–Kier alpha value is -6.39. The van der Waals surface area contributed by atoms with Gasteiger partial charge in [-0.05, 0) is 105 Å². The van der Waals surface area contributed by atoms with E-state index < -0.39 is 0 Å². The zero-order chi connectivity index (χ0) is 45.4. The van der Waals surface area contributed by atoms with Crippen molar-refractivity contribution in [2.24, 2.45) is 5.41 Å². The summed E-state index contributed by atoms with van der Waals surface area (Å²) in [5, 5.41) is 2.18. The summed E-state index contributed by atoms with van der Waals surface area (Å²) in [6.07, 6.45) is 3.03. The van der Waals surface area contributed by atoms with Crippen LogP contribution in [0.4, 0.5) is 0 Å². The van der Waals surface area contributed by atoms with Crippen LogP contribution in [0.25, 0.3) is 83.6 Å². The molecule has 0 N–H and O–H groups in total. The van der Waals surface area contributed by atoms with E-state index in [1.54, 1.807) is 0 Å². The summed E-state index contributed by atoms with van der Waals surface area (Å²) in [6, 6.07) is 60.3. The van der Waals surface area contributed by atoms with Crippen LogP contribution in [0.3, 0.4) is 0 Å². The molecule has 0 bridgehead atoms. The maximum absolute atomic E-state index is 6.54. The van der Waals surface area contributed by atoms with Gasteiger partial charge in [0.1, 0.15) is 5.58 Å². The molecular weight excluding hydrogens is 983 g/mol. The second-order valence-electron chi connectivity index (χ2n) is 19.2. The minimum absolute atomic E-state index is 0. The number of hydrogen-bond donors (Lipinski definition) is 0. The number of rotatable bonds is 8. The Balaban J connectivity index is 0.000000263. The van der Waals surface area contributed by atoms with Gasteiger partial charge in [0, 0.05) is 37.4 Å². The predicted octanol–water partition coefficient (Wildman–Crippen LogP) is 16.7. The van der Waals surface area contributed by atoms with E-state index in [9.17, 15) is 0 Å². The Kier molecular flexibility index (Phi) is 13.4. The molecule has 5 heteroatoms. The van der Waals surface area contributed by atoms with Gasteiger partial charge in [-0.15, -0.1) is 53.6 Å². The van der Waals surface area contributed by atoms with Gasteiger partial charge in [-0.2, -0.15) is 0 Å². The first kappa shape index (κ1) is 46.2. The summed E-state index contributed by atoms with van der Waals surface area (Å²) in [5.74, 6) is 1.39. The fourth-order valence-electron chi connectivity index (χ4n) is 8.97. The average molecular weight is 1040 g/mol. The van der Waals surface area contributed by atoms with Crippen LogP contribution in [-0.4, -0.2) is 14.5 Å². The zero-order valence-electron chi connectivity index (χ0n) is 39.5. The number of hydrogen-bond acceptors (Lipinski definition) is 3. The molecule has 0 saturated carbocycles. The van der Waals surface area contributed by atoms with Crippen LogP contribution in [0.15, 0.2) is 162 Å². The number of furan rings is 1. The first-order valence-corrected chi connectivity index (χ1v) is 22.9. The second kappa shape index (κ2) is 19.2. The molecule has 3 heterocycles. The number of fused-ring (bicyclic) bond motifs is 4. The normalized spacial score (nSPS) is 11.6. The smallest absolute Gasteiger partial charge is 0.120 e. The number of pyridine rings is 1. The van der Waals surface area contributed by atoms with E-state index in [1.165, 1.54) is 55.8 Å². The molecule has 0 spiro atoms. The van der Waals surface area contributed by atoms with Crippen LogP contribution in [0.5, 0.6) is 0 Å². The molecule has 0 unspecified atom stereocenters. The molecule has 10 rings (SSSR count). The monoisotopic (exact) mass is 1040 g/mol. The van der Waals surface area contributed by atoms with E-state index in [0.717, 1.165) is 62.0 Å². The van der Waals surface area contributed by atoms with Crippen molar-refractivity contribution in [1.29, 1.82) is 0 Å². The van der Waals surface area contributed by atoms with Crippen molar-refractivity contribution in [3.8, 4) is 50.6 Å². The van der Waals surface area contributed by atoms with Crippen molar-refractivity contribution in [1.82, 2.24) is 14.5 Å². The Morgan fingerprint density at radius 3 is 1.95 bits per heavy atom. The molecule has 333 valence electrons. The van der Waals surface area contributed by atoms with Gasteiger partial charge in [0.05, 0.1) is 22.4 Å². The SMILES string of the molecule is Cc1c[c-]c(-c2ccc(CC(C)(C)C)cn2)cc1.Cc1cccc2nc(-c3[c-]ccc4c3oc3ccccc34)n(-c3c(C(C)C)cc(-c4ccc(-c5ccccc5)cc4)cc3C(C)C)c12.[Ir]. The van der Waals surface area contributed by atoms with E-state index >= 15 is 0 Å². The largest absolute Gasteiger partial charge is 0.501 e. The number of imidazole rings is 1. The second-order valence-corrected chi connectivity index (χ2v) is 19.2. The third-order valence-corrected chi connectivity index (χ3v) is 12.2. The Bertz CT molecular complexity index is 3230. The van der Waals surface area contributed by atoms with Crippen LogP contribution >= 0.6 is 0 Å². The fraction of sp³-hybridized carbons (Fsp3) is 0.213. The Morgan fingerprint density at radius 1 is 0.652 bits per heavy atom. The molecule has 0 atom stereocenters. The average Bonchev–Trinajstić information content (AvgIpc) is 3.89. The van der Waals surface area contributed by atoms with Crippen molar-refractivity contribution in [3.63, 3.8) is 0 Å².